The molecule has 3 nitrogen and oxygen atoms in total. The van der Waals surface area contributed by atoms with Crippen molar-refractivity contribution in [2.24, 2.45) is 0 Å². The maximum absolute atomic E-state index is 13.0. The Morgan fingerprint density at radius 2 is 1.52 bits per heavy atom. The van der Waals surface area contributed by atoms with Gasteiger partial charge in [-0.15, -0.1) is 0 Å². The zero-order valence-corrected chi connectivity index (χ0v) is 14.2. The molecular formula is C16H22BF3O3. The van der Waals surface area contributed by atoms with Gasteiger partial charge in [0.1, 0.15) is 0 Å². The summed E-state index contributed by atoms with van der Waals surface area (Å²) >= 11 is 0. The lowest BCUT2D eigenvalue weighted by atomic mass is 9.75. The first kappa shape index (κ1) is 18.3. The molecular weight excluding hydrogens is 308 g/mol. The van der Waals surface area contributed by atoms with E-state index in [1.54, 1.807) is 6.92 Å². The highest BCUT2D eigenvalue weighted by Crippen LogP contribution is 2.39. The summed E-state index contributed by atoms with van der Waals surface area (Å²) in [6, 6.07) is 4.11. The maximum Gasteiger partial charge on any atom is 0.495 e. The van der Waals surface area contributed by atoms with Crippen molar-refractivity contribution in [3.05, 3.63) is 29.3 Å². The first-order chi connectivity index (χ1) is 10.2. The predicted molar refractivity (Wildman–Crippen MR) is 82.5 cm³/mol. The zero-order chi connectivity index (χ0) is 17.8. The van der Waals surface area contributed by atoms with Crippen LogP contribution in [0.4, 0.5) is 13.2 Å². The maximum atomic E-state index is 13.0. The first-order valence-electron chi connectivity index (χ1n) is 7.45. The van der Waals surface area contributed by atoms with Crippen molar-refractivity contribution >= 4 is 12.6 Å². The van der Waals surface area contributed by atoms with Crippen LogP contribution in [0, 0.1) is 6.92 Å². The molecule has 0 spiro atoms. The second kappa shape index (κ2) is 5.23. The van der Waals surface area contributed by atoms with Gasteiger partial charge in [-0.1, -0.05) is 23.8 Å². The van der Waals surface area contributed by atoms with Crippen LogP contribution in [-0.4, -0.2) is 29.6 Å². The fourth-order valence-electron chi connectivity index (χ4n) is 2.38. The number of hydrogen-bond donors (Lipinski definition) is 1. The van der Waals surface area contributed by atoms with E-state index >= 15 is 0 Å². The van der Waals surface area contributed by atoms with Gasteiger partial charge in [0.05, 0.1) is 11.2 Å². The molecule has 128 valence electrons. The highest BCUT2D eigenvalue weighted by Gasteiger charge is 2.53. The van der Waals surface area contributed by atoms with Gasteiger partial charge in [-0.2, -0.15) is 13.2 Å². The monoisotopic (exact) mass is 330 g/mol. The van der Waals surface area contributed by atoms with E-state index in [9.17, 15) is 18.3 Å². The second-order valence-corrected chi connectivity index (χ2v) is 7.23. The van der Waals surface area contributed by atoms with E-state index in [0.717, 1.165) is 6.92 Å². The van der Waals surface area contributed by atoms with Crippen LogP contribution >= 0.6 is 0 Å². The minimum atomic E-state index is -4.74. The standard InChI is InChI=1S/C16H22BF3O3/c1-10-9-11(15(6,21)16(18,19)20)7-8-12(10)17-22-13(2,3)14(4,5)23-17/h7-9,21H,1-6H3. The summed E-state index contributed by atoms with van der Waals surface area (Å²) in [5.74, 6) is 0. The normalized spacial score (nSPS) is 23.0. The fourth-order valence-corrected chi connectivity index (χ4v) is 2.38. The average molecular weight is 330 g/mol. The fraction of sp³-hybridized carbons (Fsp3) is 0.625. The van der Waals surface area contributed by atoms with Gasteiger partial charge in [0.2, 0.25) is 0 Å². The van der Waals surface area contributed by atoms with Gasteiger partial charge in [-0.25, -0.2) is 0 Å². The van der Waals surface area contributed by atoms with Crippen LogP contribution in [0.2, 0.25) is 0 Å². The van der Waals surface area contributed by atoms with Crippen LogP contribution in [0.25, 0.3) is 0 Å². The molecule has 7 heteroatoms. The van der Waals surface area contributed by atoms with Crippen molar-refractivity contribution in [1.82, 2.24) is 0 Å². The van der Waals surface area contributed by atoms with Crippen LogP contribution in [0.3, 0.4) is 0 Å². The number of aryl methyl sites for hydroxylation is 1. The molecule has 1 aromatic carbocycles. The minimum absolute atomic E-state index is 0.206. The SMILES string of the molecule is Cc1cc(C(C)(O)C(F)(F)F)ccc1B1OC(C)(C)C(C)(C)O1. The van der Waals surface area contributed by atoms with Gasteiger partial charge in [0.15, 0.2) is 5.60 Å². The Balaban J connectivity index is 2.36. The van der Waals surface area contributed by atoms with Crippen molar-refractivity contribution in [2.45, 2.75) is 64.5 Å². The molecule has 1 fully saturated rings. The largest absolute Gasteiger partial charge is 0.495 e. The highest BCUT2D eigenvalue weighted by molar-refractivity contribution is 6.62. The summed E-state index contributed by atoms with van der Waals surface area (Å²) in [6.45, 7) is 10.1. The Morgan fingerprint density at radius 3 is 1.91 bits per heavy atom. The molecule has 1 aliphatic heterocycles. The van der Waals surface area contributed by atoms with Gasteiger partial charge in [0, 0.05) is 0 Å². The molecule has 1 saturated heterocycles. The van der Waals surface area contributed by atoms with Gasteiger partial charge in [-0.05, 0) is 52.6 Å². The average Bonchev–Trinajstić information content (AvgIpc) is 2.56. The molecule has 0 aromatic heterocycles. The van der Waals surface area contributed by atoms with Crippen LogP contribution in [0.5, 0.6) is 0 Å². The number of benzene rings is 1. The topological polar surface area (TPSA) is 38.7 Å². The third-order valence-corrected chi connectivity index (χ3v) is 4.89. The summed E-state index contributed by atoms with van der Waals surface area (Å²) in [7, 11) is -0.648. The molecule has 1 heterocycles. The Morgan fingerprint density at radius 1 is 1.04 bits per heavy atom. The van der Waals surface area contributed by atoms with E-state index in [4.69, 9.17) is 9.31 Å². The van der Waals surface area contributed by atoms with Crippen molar-refractivity contribution in [1.29, 1.82) is 0 Å². The molecule has 0 radical (unpaired) electrons. The van der Waals surface area contributed by atoms with Crippen molar-refractivity contribution in [3.63, 3.8) is 0 Å². The molecule has 1 unspecified atom stereocenters. The second-order valence-electron chi connectivity index (χ2n) is 7.23. The van der Waals surface area contributed by atoms with Crippen molar-refractivity contribution in [2.75, 3.05) is 0 Å². The quantitative estimate of drug-likeness (QED) is 0.847. The number of hydrogen-bond acceptors (Lipinski definition) is 3. The number of aliphatic hydroxyl groups is 1. The lowest BCUT2D eigenvalue weighted by Gasteiger charge is -2.32. The van der Waals surface area contributed by atoms with Crippen LogP contribution < -0.4 is 5.46 Å². The highest BCUT2D eigenvalue weighted by atomic mass is 19.4. The summed E-state index contributed by atoms with van der Waals surface area (Å²) in [4.78, 5) is 0. The lowest BCUT2D eigenvalue weighted by molar-refractivity contribution is -0.258. The Labute approximate surface area is 134 Å². The molecule has 0 bridgehead atoms. The Hall–Kier alpha value is -1.05. The van der Waals surface area contributed by atoms with E-state index in [2.05, 4.69) is 0 Å². The molecule has 1 N–H and O–H groups in total. The molecule has 1 atom stereocenters. The van der Waals surface area contributed by atoms with Gasteiger partial charge in [-0.3, -0.25) is 0 Å². The summed E-state index contributed by atoms with van der Waals surface area (Å²) in [5, 5.41) is 9.78. The van der Waals surface area contributed by atoms with Gasteiger partial charge in [0.25, 0.3) is 0 Å². The Bertz CT molecular complexity index is 593. The molecule has 0 saturated carbocycles. The molecule has 1 aliphatic rings. The van der Waals surface area contributed by atoms with E-state index in [1.807, 2.05) is 27.7 Å². The van der Waals surface area contributed by atoms with E-state index in [0.29, 0.717) is 11.0 Å². The molecule has 1 aromatic rings. The summed E-state index contributed by atoms with van der Waals surface area (Å²) in [6.07, 6.45) is -4.74. The summed E-state index contributed by atoms with van der Waals surface area (Å²) < 4.78 is 50.7. The molecule has 23 heavy (non-hydrogen) atoms. The zero-order valence-electron chi connectivity index (χ0n) is 14.2. The van der Waals surface area contributed by atoms with E-state index in [-0.39, 0.29) is 5.56 Å². The molecule has 0 aliphatic carbocycles. The van der Waals surface area contributed by atoms with Crippen molar-refractivity contribution in [3.8, 4) is 0 Å². The smallest absolute Gasteiger partial charge is 0.399 e. The van der Waals surface area contributed by atoms with E-state index < -0.39 is 30.1 Å². The van der Waals surface area contributed by atoms with E-state index in [1.165, 1.54) is 18.2 Å². The predicted octanol–water partition coefficient (Wildman–Crippen LogP) is 3.06. The van der Waals surface area contributed by atoms with Crippen LogP contribution in [0.15, 0.2) is 18.2 Å². The number of rotatable bonds is 2. The lowest BCUT2D eigenvalue weighted by Crippen LogP contribution is -2.41. The van der Waals surface area contributed by atoms with Crippen molar-refractivity contribution < 1.29 is 27.6 Å². The minimum Gasteiger partial charge on any atom is -0.399 e. The Kier molecular flexibility index (Phi) is 4.16. The molecule has 2 rings (SSSR count). The van der Waals surface area contributed by atoms with Crippen LogP contribution in [-0.2, 0) is 14.9 Å². The van der Waals surface area contributed by atoms with Crippen LogP contribution in [0.1, 0.15) is 45.7 Å². The third kappa shape index (κ3) is 3.02. The third-order valence-electron chi connectivity index (χ3n) is 4.89. The van der Waals surface area contributed by atoms with Gasteiger partial charge >= 0.3 is 13.3 Å². The number of alkyl halides is 3. The number of halogens is 3. The molecule has 0 amide bonds. The summed E-state index contributed by atoms with van der Waals surface area (Å²) in [5.41, 5.74) is -2.93. The first-order valence-corrected chi connectivity index (χ1v) is 7.45. The van der Waals surface area contributed by atoms with Gasteiger partial charge < -0.3 is 14.4 Å².